The number of benzene rings is 1. The third-order valence-corrected chi connectivity index (χ3v) is 3.46. The molecule has 0 aliphatic rings. The monoisotopic (exact) mass is 287 g/mol. The van der Waals surface area contributed by atoms with Crippen molar-refractivity contribution in [1.29, 1.82) is 0 Å². The van der Waals surface area contributed by atoms with Crippen molar-refractivity contribution in [1.82, 2.24) is 10.3 Å². The lowest BCUT2D eigenvalue weighted by atomic mass is 10.1. The maximum Gasteiger partial charge on any atom is 0.118 e. The molecule has 0 spiro atoms. The van der Waals surface area contributed by atoms with Crippen molar-refractivity contribution in [3.8, 4) is 5.75 Å². The van der Waals surface area contributed by atoms with E-state index in [4.69, 9.17) is 0 Å². The van der Waals surface area contributed by atoms with Gasteiger partial charge in [-0.25, -0.2) is 0 Å². The second-order valence-corrected chi connectivity index (χ2v) is 5.86. The van der Waals surface area contributed by atoms with E-state index in [9.17, 15) is 5.11 Å². The smallest absolute Gasteiger partial charge is 0.118 e. The second-order valence-electron chi connectivity index (χ2n) is 5.86. The van der Waals surface area contributed by atoms with E-state index in [0.717, 1.165) is 36.0 Å². The van der Waals surface area contributed by atoms with Gasteiger partial charge in [-0.2, -0.15) is 0 Å². The molecule has 1 atom stereocenters. The first kappa shape index (κ1) is 15.6. The summed E-state index contributed by atoms with van der Waals surface area (Å²) in [5.74, 6) is 0.270. The van der Waals surface area contributed by atoms with Crippen LogP contribution in [0.3, 0.4) is 0 Å². The van der Waals surface area contributed by atoms with Gasteiger partial charge in [0.25, 0.3) is 0 Å². The zero-order valence-corrected chi connectivity index (χ0v) is 13.1. The van der Waals surface area contributed by atoms with E-state index in [-0.39, 0.29) is 5.75 Å². The molecule has 0 radical (unpaired) electrons. The van der Waals surface area contributed by atoms with E-state index in [0.29, 0.717) is 12.1 Å². The number of hydrogen-bond acceptors (Lipinski definition) is 4. The Kier molecular flexibility index (Phi) is 5.39. The third kappa shape index (κ3) is 4.60. The Bertz CT molecular complexity index is 583. The van der Waals surface area contributed by atoms with Crippen molar-refractivity contribution in [2.24, 2.45) is 0 Å². The maximum atomic E-state index is 9.82. The normalized spacial score (nSPS) is 12.8. The van der Waals surface area contributed by atoms with E-state index in [1.165, 1.54) is 0 Å². The van der Waals surface area contributed by atoms with Gasteiger partial charge in [0.05, 0.1) is 11.2 Å². The summed E-state index contributed by atoms with van der Waals surface area (Å²) in [6.45, 7) is 7.51. The highest BCUT2D eigenvalue weighted by Crippen LogP contribution is 2.27. The van der Waals surface area contributed by atoms with Crippen LogP contribution in [-0.4, -0.2) is 28.7 Å². The quantitative estimate of drug-likeness (QED) is 0.682. The van der Waals surface area contributed by atoms with Crippen LogP contribution in [0.2, 0.25) is 0 Å². The van der Waals surface area contributed by atoms with Gasteiger partial charge in [-0.3, -0.25) is 4.98 Å². The molecule has 3 N–H and O–H groups in total. The van der Waals surface area contributed by atoms with Gasteiger partial charge in [-0.05, 0) is 38.4 Å². The predicted molar refractivity (Wildman–Crippen MR) is 88.9 cm³/mol. The Balaban J connectivity index is 1.99. The molecule has 0 bridgehead atoms. The fourth-order valence-corrected chi connectivity index (χ4v) is 2.42. The molecule has 0 unspecified atom stereocenters. The number of nitrogens with zero attached hydrogens (tertiary/aromatic N) is 1. The minimum Gasteiger partial charge on any atom is -0.508 e. The fraction of sp³-hybridized carbons (Fsp3) is 0.471. The SMILES string of the molecule is CC(C)NCCC[C@@H](C)Nc1cc(O)cc2cccnc12. The molecule has 21 heavy (non-hydrogen) atoms. The molecular formula is C17H25N3O. The van der Waals surface area contributed by atoms with Gasteiger partial charge in [0.2, 0.25) is 0 Å². The van der Waals surface area contributed by atoms with Crippen molar-refractivity contribution < 1.29 is 5.11 Å². The first-order chi connectivity index (χ1) is 10.1. The van der Waals surface area contributed by atoms with Crippen LogP contribution in [0.1, 0.15) is 33.6 Å². The minimum atomic E-state index is 0.270. The molecule has 1 aromatic heterocycles. The van der Waals surface area contributed by atoms with Crippen LogP contribution < -0.4 is 10.6 Å². The van der Waals surface area contributed by atoms with Gasteiger partial charge in [-0.1, -0.05) is 19.9 Å². The first-order valence-electron chi connectivity index (χ1n) is 7.64. The highest BCUT2D eigenvalue weighted by Gasteiger charge is 2.08. The number of phenolic OH excluding ortho intramolecular Hbond substituents is 1. The molecule has 114 valence electrons. The number of nitrogens with one attached hydrogen (secondary N) is 2. The van der Waals surface area contributed by atoms with E-state index in [1.807, 2.05) is 12.1 Å². The average Bonchev–Trinajstić information content (AvgIpc) is 2.43. The number of rotatable bonds is 7. The number of anilines is 1. The van der Waals surface area contributed by atoms with Gasteiger partial charge < -0.3 is 15.7 Å². The molecule has 2 rings (SSSR count). The van der Waals surface area contributed by atoms with Crippen LogP contribution in [0.5, 0.6) is 5.75 Å². The van der Waals surface area contributed by atoms with Crippen LogP contribution in [0.25, 0.3) is 10.9 Å². The lowest BCUT2D eigenvalue weighted by molar-refractivity contribution is 0.476. The summed E-state index contributed by atoms with van der Waals surface area (Å²) in [6, 6.07) is 8.21. The summed E-state index contributed by atoms with van der Waals surface area (Å²) >= 11 is 0. The summed E-state index contributed by atoms with van der Waals surface area (Å²) in [6.07, 6.45) is 3.97. The number of fused-ring (bicyclic) bond motifs is 1. The molecule has 1 heterocycles. The molecule has 0 aliphatic heterocycles. The molecule has 4 nitrogen and oxygen atoms in total. The largest absolute Gasteiger partial charge is 0.508 e. The van der Waals surface area contributed by atoms with Gasteiger partial charge in [0.15, 0.2) is 0 Å². The zero-order valence-electron chi connectivity index (χ0n) is 13.1. The van der Waals surface area contributed by atoms with Gasteiger partial charge in [0.1, 0.15) is 5.75 Å². The van der Waals surface area contributed by atoms with Gasteiger partial charge in [0, 0.05) is 29.7 Å². The summed E-state index contributed by atoms with van der Waals surface area (Å²) in [5.41, 5.74) is 1.80. The Morgan fingerprint density at radius 3 is 2.81 bits per heavy atom. The fourth-order valence-electron chi connectivity index (χ4n) is 2.42. The minimum absolute atomic E-state index is 0.270. The van der Waals surface area contributed by atoms with Crippen LogP contribution in [-0.2, 0) is 0 Å². The van der Waals surface area contributed by atoms with Gasteiger partial charge in [-0.15, -0.1) is 0 Å². The Labute approximate surface area is 126 Å². The van der Waals surface area contributed by atoms with Crippen LogP contribution in [0.4, 0.5) is 5.69 Å². The number of aromatic nitrogens is 1. The lowest BCUT2D eigenvalue weighted by Crippen LogP contribution is -2.25. The van der Waals surface area contributed by atoms with E-state index >= 15 is 0 Å². The molecule has 0 fully saturated rings. The molecule has 0 saturated carbocycles. The van der Waals surface area contributed by atoms with Crippen LogP contribution in [0.15, 0.2) is 30.5 Å². The third-order valence-electron chi connectivity index (χ3n) is 3.46. The number of phenols is 1. The Morgan fingerprint density at radius 2 is 2.05 bits per heavy atom. The van der Waals surface area contributed by atoms with Crippen molar-refractivity contribution in [3.63, 3.8) is 0 Å². The predicted octanol–water partition coefficient (Wildman–Crippen LogP) is 3.52. The zero-order chi connectivity index (χ0) is 15.2. The number of aromatic hydroxyl groups is 1. The average molecular weight is 287 g/mol. The van der Waals surface area contributed by atoms with E-state index < -0.39 is 0 Å². The van der Waals surface area contributed by atoms with Crippen LogP contribution in [0, 0.1) is 0 Å². The molecule has 0 aliphatic carbocycles. The molecule has 0 saturated heterocycles. The molecule has 4 heteroatoms. The first-order valence-corrected chi connectivity index (χ1v) is 7.64. The van der Waals surface area contributed by atoms with Crippen molar-refractivity contribution in [3.05, 3.63) is 30.5 Å². The number of pyridine rings is 1. The molecular weight excluding hydrogens is 262 g/mol. The van der Waals surface area contributed by atoms with Crippen molar-refractivity contribution in [2.45, 2.75) is 45.7 Å². The van der Waals surface area contributed by atoms with Crippen molar-refractivity contribution in [2.75, 3.05) is 11.9 Å². The molecule has 1 aromatic carbocycles. The lowest BCUT2D eigenvalue weighted by Gasteiger charge is -2.17. The topological polar surface area (TPSA) is 57.2 Å². The summed E-state index contributed by atoms with van der Waals surface area (Å²) in [5, 5.41) is 17.7. The Hall–Kier alpha value is -1.81. The molecule has 0 amide bonds. The van der Waals surface area contributed by atoms with Gasteiger partial charge >= 0.3 is 0 Å². The standard InChI is InChI=1S/C17H25N3O/c1-12(2)18-8-4-6-13(3)20-16-11-15(21)10-14-7-5-9-19-17(14)16/h5,7,9-13,18,20-21H,4,6,8H2,1-3H3/t13-/m1/s1. The van der Waals surface area contributed by atoms with E-state index in [1.54, 1.807) is 18.3 Å². The van der Waals surface area contributed by atoms with Crippen LogP contribution >= 0.6 is 0 Å². The van der Waals surface area contributed by atoms with E-state index in [2.05, 4.69) is 36.4 Å². The Morgan fingerprint density at radius 1 is 1.24 bits per heavy atom. The highest BCUT2D eigenvalue weighted by molar-refractivity contribution is 5.91. The second kappa shape index (κ2) is 7.27. The summed E-state index contributed by atoms with van der Waals surface area (Å²) in [7, 11) is 0. The molecule has 2 aromatic rings. The highest BCUT2D eigenvalue weighted by atomic mass is 16.3. The van der Waals surface area contributed by atoms with Crippen molar-refractivity contribution >= 4 is 16.6 Å². The summed E-state index contributed by atoms with van der Waals surface area (Å²) < 4.78 is 0. The maximum absolute atomic E-state index is 9.82. The summed E-state index contributed by atoms with van der Waals surface area (Å²) in [4.78, 5) is 4.41. The number of hydrogen-bond donors (Lipinski definition) is 3.